The van der Waals surface area contributed by atoms with E-state index in [2.05, 4.69) is 21.2 Å². The zero-order valence-corrected chi connectivity index (χ0v) is 19.0. The van der Waals surface area contributed by atoms with Crippen LogP contribution in [0.2, 0.25) is 0 Å². The van der Waals surface area contributed by atoms with Crippen molar-refractivity contribution in [3.63, 3.8) is 0 Å². The average Bonchev–Trinajstić information content (AvgIpc) is 3.27. The number of nitrogens with zero attached hydrogens (tertiary/aromatic N) is 1. The second-order valence-corrected chi connectivity index (χ2v) is 8.60. The Kier molecular flexibility index (Phi) is 8.04. The van der Waals surface area contributed by atoms with Gasteiger partial charge in [0, 0.05) is 40.0 Å². The topological polar surface area (TPSA) is 58.6 Å². The van der Waals surface area contributed by atoms with Crippen molar-refractivity contribution in [2.75, 3.05) is 13.7 Å². The van der Waals surface area contributed by atoms with Gasteiger partial charge in [0.25, 0.3) is 5.91 Å². The van der Waals surface area contributed by atoms with E-state index < -0.39 is 0 Å². The number of halogens is 1. The molecule has 0 aliphatic carbocycles. The maximum absolute atomic E-state index is 13.0. The van der Waals surface area contributed by atoms with E-state index in [0.29, 0.717) is 18.7 Å². The quantitative estimate of drug-likeness (QED) is 0.469. The molecule has 0 saturated carbocycles. The third-order valence-corrected chi connectivity index (χ3v) is 5.95. The van der Waals surface area contributed by atoms with Crippen LogP contribution >= 0.6 is 27.3 Å². The minimum Gasteiger partial charge on any atom is -0.496 e. The van der Waals surface area contributed by atoms with Crippen LogP contribution < -0.4 is 10.1 Å². The number of ether oxygens (including phenoxy) is 1. The maximum Gasteiger partial charge on any atom is 0.251 e. The first kappa shape index (κ1) is 22.1. The molecule has 2 aromatic carbocycles. The fraction of sp³-hybridized carbons (Fsp3) is 0.217. The standard InChI is InChI=1S/C23H23BrN2O3S/c1-29-21-7-3-2-5-18(21)15-26(16-20-6-4-14-30-20)22(27)12-13-25-23(28)17-8-10-19(24)11-9-17/h2-11,14H,12-13,15-16H2,1H3,(H,25,28). The van der Waals surface area contributed by atoms with Crippen molar-refractivity contribution in [1.29, 1.82) is 0 Å². The highest BCUT2D eigenvalue weighted by Gasteiger charge is 2.17. The summed E-state index contributed by atoms with van der Waals surface area (Å²) in [4.78, 5) is 28.1. The van der Waals surface area contributed by atoms with Gasteiger partial charge in [-0.1, -0.05) is 40.2 Å². The molecule has 0 fully saturated rings. The van der Waals surface area contributed by atoms with Gasteiger partial charge in [-0.3, -0.25) is 9.59 Å². The number of nitrogens with one attached hydrogen (secondary N) is 1. The van der Waals surface area contributed by atoms with E-state index in [0.717, 1.165) is 20.7 Å². The van der Waals surface area contributed by atoms with Gasteiger partial charge in [-0.15, -0.1) is 11.3 Å². The summed E-state index contributed by atoms with van der Waals surface area (Å²) in [5.41, 5.74) is 1.51. The maximum atomic E-state index is 13.0. The summed E-state index contributed by atoms with van der Waals surface area (Å²) in [7, 11) is 1.63. The molecular formula is C23H23BrN2O3S. The lowest BCUT2D eigenvalue weighted by molar-refractivity contribution is -0.132. The van der Waals surface area contributed by atoms with Crippen molar-refractivity contribution >= 4 is 39.1 Å². The Balaban J connectivity index is 1.62. The lowest BCUT2D eigenvalue weighted by Crippen LogP contribution is -2.34. The summed E-state index contributed by atoms with van der Waals surface area (Å²) in [5.74, 6) is 0.542. The molecule has 1 N–H and O–H groups in total. The van der Waals surface area contributed by atoms with Gasteiger partial charge in [0.1, 0.15) is 5.75 Å². The van der Waals surface area contributed by atoms with Crippen molar-refractivity contribution in [3.05, 3.63) is 86.5 Å². The number of hydrogen-bond acceptors (Lipinski definition) is 4. The number of hydrogen-bond donors (Lipinski definition) is 1. The molecule has 0 radical (unpaired) electrons. The Morgan fingerprint density at radius 2 is 1.80 bits per heavy atom. The first-order chi connectivity index (χ1) is 14.6. The van der Waals surface area contributed by atoms with Crippen LogP contribution in [0.4, 0.5) is 0 Å². The third kappa shape index (κ3) is 6.18. The van der Waals surface area contributed by atoms with Gasteiger partial charge in [0.2, 0.25) is 5.91 Å². The molecule has 2 amide bonds. The van der Waals surface area contributed by atoms with Crippen molar-refractivity contribution in [2.24, 2.45) is 0 Å². The van der Waals surface area contributed by atoms with E-state index in [-0.39, 0.29) is 24.8 Å². The predicted octanol–water partition coefficient (Wildman–Crippen LogP) is 4.87. The minimum atomic E-state index is -0.190. The van der Waals surface area contributed by atoms with Crippen molar-refractivity contribution in [1.82, 2.24) is 10.2 Å². The fourth-order valence-corrected chi connectivity index (χ4v) is 3.99. The fourth-order valence-electron chi connectivity index (χ4n) is 3.01. The molecule has 0 bridgehead atoms. The van der Waals surface area contributed by atoms with Gasteiger partial charge < -0.3 is 15.0 Å². The van der Waals surface area contributed by atoms with Gasteiger partial charge in [0.15, 0.2) is 0 Å². The first-order valence-electron chi connectivity index (χ1n) is 9.52. The Morgan fingerprint density at radius 1 is 1.03 bits per heavy atom. The molecule has 0 spiro atoms. The van der Waals surface area contributed by atoms with Gasteiger partial charge in [-0.2, -0.15) is 0 Å². The number of methoxy groups -OCH3 is 1. The molecule has 3 aromatic rings. The molecule has 1 aromatic heterocycles. The van der Waals surface area contributed by atoms with E-state index in [1.54, 1.807) is 35.5 Å². The van der Waals surface area contributed by atoms with Gasteiger partial charge >= 0.3 is 0 Å². The molecule has 5 nitrogen and oxygen atoms in total. The molecule has 3 rings (SSSR count). The van der Waals surface area contributed by atoms with Crippen LogP contribution in [0.1, 0.15) is 27.2 Å². The van der Waals surface area contributed by atoms with E-state index in [4.69, 9.17) is 4.74 Å². The van der Waals surface area contributed by atoms with Gasteiger partial charge in [0.05, 0.1) is 13.7 Å². The Hall–Kier alpha value is -2.64. The summed E-state index contributed by atoms with van der Waals surface area (Å²) >= 11 is 4.97. The molecule has 0 aliphatic rings. The molecule has 0 saturated heterocycles. The van der Waals surface area contributed by atoms with Crippen molar-refractivity contribution in [2.45, 2.75) is 19.5 Å². The Morgan fingerprint density at radius 3 is 2.50 bits per heavy atom. The average molecular weight is 487 g/mol. The number of para-hydroxylation sites is 1. The molecule has 7 heteroatoms. The lowest BCUT2D eigenvalue weighted by Gasteiger charge is -2.23. The number of benzene rings is 2. The molecule has 30 heavy (non-hydrogen) atoms. The molecule has 0 unspecified atom stereocenters. The SMILES string of the molecule is COc1ccccc1CN(Cc1cccs1)C(=O)CCNC(=O)c1ccc(Br)cc1. The van der Waals surface area contributed by atoms with Crippen LogP contribution in [-0.2, 0) is 17.9 Å². The smallest absolute Gasteiger partial charge is 0.251 e. The predicted molar refractivity (Wildman–Crippen MR) is 123 cm³/mol. The van der Waals surface area contributed by atoms with E-state index in [9.17, 15) is 9.59 Å². The van der Waals surface area contributed by atoms with Crippen LogP contribution in [0.15, 0.2) is 70.5 Å². The van der Waals surface area contributed by atoms with Gasteiger partial charge in [-0.25, -0.2) is 0 Å². The van der Waals surface area contributed by atoms with Crippen molar-refractivity contribution < 1.29 is 14.3 Å². The van der Waals surface area contributed by atoms with Crippen LogP contribution in [0.5, 0.6) is 5.75 Å². The second kappa shape index (κ2) is 10.9. The monoisotopic (exact) mass is 486 g/mol. The van der Waals surface area contributed by atoms with Crippen LogP contribution in [0.3, 0.4) is 0 Å². The van der Waals surface area contributed by atoms with E-state index in [1.807, 2.05) is 53.9 Å². The second-order valence-electron chi connectivity index (χ2n) is 6.65. The summed E-state index contributed by atoms with van der Waals surface area (Å²) in [6.45, 7) is 1.25. The Bertz CT molecular complexity index is 974. The summed E-state index contributed by atoms with van der Waals surface area (Å²) in [6, 6.07) is 18.8. The highest BCUT2D eigenvalue weighted by Crippen LogP contribution is 2.22. The number of rotatable bonds is 9. The molecule has 0 atom stereocenters. The number of carbonyl (C=O) groups excluding carboxylic acids is 2. The molecule has 156 valence electrons. The van der Waals surface area contributed by atoms with Gasteiger partial charge in [-0.05, 0) is 41.8 Å². The normalized spacial score (nSPS) is 10.5. The lowest BCUT2D eigenvalue weighted by atomic mass is 10.1. The highest BCUT2D eigenvalue weighted by atomic mass is 79.9. The van der Waals surface area contributed by atoms with E-state index in [1.165, 1.54) is 0 Å². The minimum absolute atomic E-state index is 0.0228. The highest BCUT2D eigenvalue weighted by molar-refractivity contribution is 9.10. The molecular weight excluding hydrogens is 464 g/mol. The largest absolute Gasteiger partial charge is 0.496 e. The third-order valence-electron chi connectivity index (χ3n) is 4.56. The zero-order chi connectivity index (χ0) is 21.3. The van der Waals surface area contributed by atoms with Crippen molar-refractivity contribution in [3.8, 4) is 5.75 Å². The van der Waals surface area contributed by atoms with Crippen LogP contribution in [0.25, 0.3) is 0 Å². The summed E-state index contributed by atoms with van der Waals surface area (Å²) in [6.07, 6.45) is 0.225. The zero-order valence-electron chi connectivity index (χ0n) is 16.6. The summed E-state index contributed by atoms with van der Waals surface area (Å²) < 4.78 is 6.35. The number of carbonyl (C=O) groups is 2. The van der Waals surface area contributed by atoms with Crippen LogP contribution in [0, 0.1) is 0 Å². The Labute approximate surface area is 188 Å². The molecule has 1 heterocycles. The van der Waals surface area contributed by atoms with Crippen LogP contribution in [-0.4, -0.2) is 30.4 Å². The first-order valence-corrected chi connectivity index (χ1v) is 11.2. The summed E-state index contributed by atoms with van der Waals surface area (Å²) in [5, 5.41) is 4.83. The number of thiophene rings is 1. The van der Waals surface area contributed by atoms with E-state index >= 15 is 0 Å². The number of amides is 2. The molecule has 0 aliphatic heterocycles.